The van der Waals surface area contributed by atoms with Gasteiger partial charge in [0.25, 0.3) is 5.56 Å². The molecular weight excluding hydrogens is 250 g/mol. The summed E-state index contributed by atoms with van der Waals surface area (Å²) in [6.45, 7) is 3.84. The van der Waals surface area contributed by atoms with Crippen LogP contribution in [0.3, 0.4) is 0 Å². The number of aromatic carboxylic acids is 1. The Morgan fingerprint density at radius 3 is 2.71 bits per heavy atom. The molecule has 0 aliphatic carbocycles. The van der Waals surface area contributed by atoms with Crippen molar-refractivity contribution in [3.05, 3.63) is 45.3 Å². The number of hydrogen-bond acceptors (Lipinski definition) is 2. The number of pyridine rings is 1. The van der Waals surface area contributed by atoms with Gasteiger partial charge in [0.1, 0.15) is 0 Å². The number of carboxylic acid groups (broad SMARTS) is 1. The highest BCUT2D eigenvalue weighted by Gasteiger charge is 2.04. The lowest BCUT2D eigenvalue weighted by Crippen LogP contribution is -2.20. The van der Waals surface area contributed by atoms with Gasteiger partial charge in [0, 0.05) is 16.7 Å². The molecule has 0 spiro atoms. The summed E-state index contributed by atoms with van der Waals surface area (Å²) in [5.41, 5.74) is -0.172. The van der Waals surface area contributed by atoms with Crippen molar-refractivity contribution in [3.8, 4) is 0 Å². The quantitative estimate of drug-likeness (QED) is 0.892. The first kappa shape index (κ1) is 10.7. The van der Waals surface area contributed by atoms with E-state index >= 15 is 0 Å². The minimum Gasteiger partial charge on any atom is -0.478 e. The summed E-state index contributed by atoms with van der Waals surface area (Å²) in [5.74, 6) is -1.06. The SMILES string of the molecule is C=C(Br)Cn1cc(C(=O)O)ccc1=O. The normalized spacial score (nSPS) is 9.79. The van der Waals surface area contributed by atoms with Crippen LogP contribution < -0.4 is 5.56 Å². The molecule has 1 N–H and O–H groups in total. The van der Waals surface area contributed by atoms with Crippen LogP contribution in [0.4, 0.5) is 0 Å². The van der Waals surface area contributed by atoms with Crippen LogP contribution in [-0.4, -0.2) is 15.6 Å². The molecule has 0 aliphatic rings. The maximum absolute atomic E-state index is 11.2. The van der Waals surface area contributed by atoms with Gasteiger partial charge in [-0.1, -0.05) is 22.5 Å². The molecule has 0 fully saturated rings. The molecule has 5 heteroatoms. The van der Waals surface area contributed by atoms with E-state index in [2.05, 4.69) is 22.5 Å². The van der Waals surface area contributed by atoms with Crippen LogP contribution in [0.5, 0.6) is 0 Å². The molecule has 1 aromatic heterocycles. The van der Waals surface area contributed by atoms with E-state index in [0.717, 1.165) is 0 Å². The van der Waals surface area contributed by atoms with E-state index in [1.54, 1.807) is 0 Å². The summed E-state index contributed by atoms with van der Waals surface area (Å²) in [4.78, 5) is 21.8. The summed E-state index contributed by atoms with van der Waals surface area (Å²) in [6, 6.07) is 2.50. The van der Waals surface area contributed by atoms with E-state index in [1.807, 2.05) is 0 Å². The summed E-state index contributed by atoms with van der Waals surface area (Å²) in [7, 11) is 0. The second kappa shape index (κ2) is 4.23. The van der Waals surface area contributed by atoms with E-state index in [0.29, 0.717) is 4.48 Å². The molecule has 0 aromatic carbocycles. The third-order valence-electron chi connectivity index (χ3n) is 1.57. The molecule has 0 unspecified atom stereocenters. The van der Waals surface area contributed by atoms with Gasteiger partial charge in [-0.3, -0.25) is 4.79 Å². The van der Waals surface area contributed by atoms with Gasteiger partial charge in [0.05, 0.1) is 12.1 Å². The molecule has 0 atom stereocenters. The van der Waals surface area contributed by atoms with Crippen molar-refractivity contribution in [1.82, 2.24) is 4.57 Å². The van der Waals surface area contributed by atoms with E-state index in [4.69, 9.17) is 5.11 Å². The number of aromatic nitrogens is 1. The Morgan fingerprint density at radius 2 is 2.21 bits per heavy atom. The fourth-order valence-electron chi connectivity index (χ4n) is 0.966. The highest BCUT2D eigenvalue weighted by Crippen LogP contribution is 2.04. The third-order valence-corrected chi connectivity index (χ3v) is 1.82. The zero-order chi connectivity index (χ0) is 10.7. The van der Waals surface area contributed by atoms with Gasteiger partial charge in [0.15, 0.2) is 0 Å². The first-order valence-corrected chi connectivity index (χ1v) is 4.57. The van der Waals surface area contributed by atoms with Crippen LogP contribution >= 0.6 is 15.9 Å². The van der Waals surface area contributed by atoms with Crippen molar-refractivity contribution in [1.29, 1.82) is 0 Å². The van der Waals surface area contributed by atoms with Crippen LogP contribution in [-0.2, 0) is 6.54 Å². The Bertz CT molecular complexity index is 436. The highest BCUT2D eigenvalue weighted by molar-refractivity contribution is 9.11. The topological polar surface area (TPSA) is 59.3 Å². The van der Waals surface area contributed by atoms with Gasteiger partial charge in [-0.25, -0.2) is 4.79 Å². The Hall–Kier alpha value is -1.36. The fraction of sp³-hybridized carbons (Fsp3) is 0.111. The fourth-order valence-corrected chi connectivity index (χ4v) is 1.24. The highest BCUT2D eigenvalue weighted by atomic mass is 79.9. The molecule has 0 bridgehead atoms. The lowest BCUT2D eigenvalue weighted by atomic mass is 10.3. The van der Waals surface area contributed by atoms with Gasteiger partial charge in [-0.15, -0.1) is 0 Å². The number of nitrogens with zero attached hydrogens (tertiary/aromatic N) is 1. The van der Waals surface area contributed by atoms with Crippen LogP contribution in [0.1, 0.15) is 10.4 Å². The molecular formula is C9H8BrNO3. The number of allylic oxidation sites excluding steroid dienone is 1. The third kappa shape index (κ3) is 2.56. The molecule has 74 valence electrons. The Balaban J connectivity index is 3.15. The lowest BCUT2D eigenvalue weighted by molar-refractivity contribution is 0.0696. The maximum Gasteiger partial charge on any atom is 0.337 e. The van der Waals surface area contributed by atoms with Crippen molar-refractivity contribution in [2.75, 3.05) is 0 Å². The molecule has 0 saturated carbocycles. The molecule has 1 heterocycles. The number of carbonyl (C=O) groups is 1. The Morgan fingerprint density at radius 1 is 1.57 bits per heavy atom. The minimum atomic E-state index is -1.06. The average molecular weight is 258 g/mol. The van der Waals surface area contributed by atoms with Gasteiger partial charge in [0.2, 0.25) is 0 Å². The van der Waals surface area contributed by atoms with Crippen molar-refractivity contribution >= 4 is 21.9 Å². The van der Waals surface area contributed by atoms with E-state index in [1.165, 1.54) is 22.9 Å². The molecule has 4 nitrogen and oxygen atoms in total. The van der Waals surface area contributed by atoms with Crippen molar-refractivity contribution < 1.29 is 9.90 Å². The molecule has 0 saturated heterocycles. The number of halogens is 1. The number of hydrogen-bond donors (Lipinski definition) is 1. The maximum atomic E-state index is 11.2. The lowest BCUT2D eigenvalue weighted by Gasteiger charge is -2.04. The Labute approximate surface area is 88.6 Å². The first-order valence-electron chi connectivity index (χ1n) is 3.78. The van der Waals surface area contributed by atoms with Crippen LogP contribution in [0.2, 0.25) is 0 Å². The second-order valence-corrected chi connectivity index (χ2v) is 3.83. The van der Waals surface area contributed by atoms with Crippen LogP contribution in [0.15, 0.2) is 34.2 Å². The van der Waals surface area contributed by atoms with Gasteiger partial charge >= 0.3 is 5.97 Å². The van der Waals surface area contributed by atoms with Gasteiger partial charge in [-0.05, 0) is 6.07 Å². The monoisotopic (exact) mass is 257 g/mol. The van der Waals surface area contributed by atoms with Crippen LogP contribution in [0, 0.1) is 0 Å². The molecule has 0 radical (unpaired) electrons. The van der Waals surface area contributed by atoms with Gasteiger partial charge in [-0.2, -0.15) is 0 Å². The smallest absolute Gasteiger partial charge is 0.337 e. The summed E-state index contributed by atoms with van der Waals surface area (Å²) >= 11 is 3.11. The molecule has 0 aliphatic heterocycles. The van der Waals surface area contributed by atoms with Crippen molar-refractivity contribution in [3.63, 3.8) is 0 Å². The second-order valence-electron chi connectivity index (χ2n) is 2.71. The predicted octanol–water partition coefficient (Wildman–Crippen LogP) is 1.46. The molecule has 1 rings (SSSR count). The summed E-state index contributed by atoms with van der Waals surface area (Å²) in [5, 5.41) is 8.68. The standard InChI is InChI=1S/C9H8BrNO3/c1-6(10)4-11-5-7(9(13)14)2-3-8(11)12/h2-3,5H,1,4H2,(H,13,14). The number of carboxylic acids is 1. The van der Waals surface area contributed by atoms with E-state index in [9.17, 15) is 9.59 Å². The summed E-state index contributed by atoms with van der Waals surface area (Å²) in [6.07, 6.45) is 1.29. The van der Waals surface area contributed by atoms with Crippen molar-refractivity contribution in [2.24, 2.45) is 0 Å². The zero-order valence-corrected chi connectivity index (χ0v) is 8.82. The molecule has 0 amide bonds. The largest absolute Gasteiger partial charge is 0.478 e. The molecule has 14 heavy (non-hydrogen) atoms. The summed E-state index contributed by atoms with van der Waals surface area (Å²) < 4.78 is 1.89. The van der Waals surface area contributed by atoms with E-state index in [-0.39, 0.29) is 17.7 Å². The average Bonchev–Trinajstić information content (AvgIpc) is 2.07. The predicted molar refractivity (Wildman–Crippen MR) is 55.7 cm³/mol. The van der Waals surface area contributed by atoms with Crippen LogP contribution in [0.25, 0.3) is 0 Å². The minimum absolute atomic E-state index is 0.0818. The molecule has 1 aromatic rings. The Kier molecular flexibility index (Phi) is 3.24. The zero-order valence-electron chi connectivity index (χ0n) is 7.24. The number of rotatable bonds is 3. The van der Waals surface area contributed by atoms with Gasteiger partial charge < -0.3 is 9.67 Å². The van der Waals surface area contributed by atoms with E-state index < -0.39 is 5.97 Å². The first-order chi connectivity index (χ1) is 6.50. The van der Waals surface area contributed by atoms with Crippen molar-refractivity contribution in [2.45, 2.75) is 6.54 Å².